The minimum absolute atomic E-state index is 0.226. The first-order valence-corrected chi connectivity index (χ1v) is 9.03. The maximum Gasteiger partial charge on any atom is 0.0721 e. The summed E-state index contributed by atoms with van der Waals surface area (Å²) in [5.74, 6) is 0.543. The molecule has 1 heteroatoms. The van der Waals surface area contributed by atoms with Crippen LogP contribution in [0.4, 0.5) is 0 Å². The minimum atomic E-state index is -0.226. The summed E-state index contributed by atoms with van der Waals surface area (Å²) in [4.78, 5) is 0. The van der Waals surface area contributed by atoms with Crippen LogP contribution in [0.3, 0.4) is 0 Å². The van der Waals surface area contributed by atoms with Crippen LogP contribution in [0.1, 0.15) is 97.8 Å². The second-order valence-corrected chi connectivity index (χ2v) is 6.52. The molecule has 0 saturated carbocycles. The van der Waals surface area contributed by atoms with E-state index in [-0.39, 0.29) is 6.10 Å². The Hall–Kier alpha value is -0.300. The molecule has 0 amide bonds. The average molecular weight is 283 g/mol. The van der Waals surface area contributed by atoms with E-state index in [9.17, 15) is 5.11 Å². The first-order valence-electron chi connectivity index (χ1n) is 9.03. The van der Waals surface area contributed by atoms with Gasteiger partial charge in [0.15, 0.2) is 0 Å². The van der Waals surface area contributed by atoms with Crippen molar-refractivity contribution in [2.24, 2.45) is 5.92 Å². The van der Waals surface area contributed by atoms with Crippen molar-refractivity contribution in [2.45, 2.75) is 104 Å². The van der Waals surface area contributed by atoms with Gasteiger partial charge in [-0.1, -0.05) is 104 Å². The third-order valence-electron chi connectivity index (χ3n) is 3.82. The Balaban J connectivity index is 3.16. The van der Waals surface area contributed by atoms with Crippen LogP contribution in [0.25, 0.3) is 0 Å². The lowest BCUT2D eigenvalue weighted by Crippen LogP contribution is -2.02. The van der Waals surface area contributed by atoms with E-state index in [0.29, 0.717) is 5.92 Å². The third-order valence-corrected chi connectivity index (χ3v) is 3.82. The van der Waals surface area contributed by atoms with Gasteiger partial charge < -0.3 is 5.11 Å². The van der Waals surface area contributed by atoms with E-state index in [2.05, 4.69) is 26.8 Å². The molecule has 1 atom stereocenters. The Morgan fingerprint density at radius 2 is 1.15 bits per heavy atom. The number of hydrogen-bond acceptors (Lipinski definition) is 1. The average Bonchev–Trinajstić information content (AvgIpc) is 2.42. The van der Waals surface area contributed by atoms with Gasteiger partial charge in [-0.05, 0) is 12.3 Å². The second kappa shape index (κ2) is 15.1. The summed E-state index contributed by atoms with van der Waals surface area (Å²) in [6.07, 6.45) is 19.8. The van der Waals surface area contributed by atoms with Crippen LogP contribution in [0.2, 0.25) is 0 Å². The van der Waals surface area contributed by atoms with Crippen molar-refractivity contribution in [3.63, 3.8) is 0 Å². The van der Waals surface area contributed by atoms with Crippen LogP contribution in [-0.2, 0) is 0 Å². The van der Waals surface area contributed by atoms with Gasteiger partial charge in [0, 0.05) is 0 Å². The van der Waals surface area contributed by atoms with E-state index >= 15 is 0 Å². The molecule has 0 aliphatic heterocycles. The van der Waals surface area contributed by atoms with Crippen LogP contribution < -0.4 is 0 Å². The summed E-state index contributed by atoms with van der Waals surface area (Å²) in [5.41, 5.74) is 0. The second-order valence-electron chi connectivity index (χ2n) is 6.52. The Morgan fingerprint density at radius 3 is 1.60 bits per heavy atom. The largest absolute Gasteiger partial charge is 0.389 e. The number of unbranched alkanes of at least 4 members (excludes halogenated alkanes) is 10. The summed E-state index contributed by atoms with van der Waals surface area (Å²) < 4.78 is 0. The van der Waals surface area contributed by atoms with Crippen molar-refractivity contribution in [3.05, 3.63) is 12.2 Å². The molecule has 0 spiro atoms. The molecule has 0 radical (unpaired) electrons. The van der Waals surface area contributed by atoms with Crippen molar-refractivity contribution in [2.75, 3.05) is 0 Å². The molecule has 20 heavy (non-hydrogen) atoms. The van der Waals surface area contributed by atoms with E-state index in [1.54, 1.807) is 0 Å². The molecule has 0 bridgehead atoms. The molecule has 0 aromatic carbocycles. The van der Waals surface area contributed by atoms with Gasteiger partial charge in [-0.15, -0.1) is 0 Å². The zero-order valence-corrected chi connectivity index (χ0v) is 14.2. The van der Waals surface area contributed by atoms with Crippen molar-refractivity contribution in [3.8, 4) is 0 Å². The quantitative estimate of drug-likeness (QED) is 0.294. The standard InChI is InChI=1S/C19H38O/c1-4-5-6-7-8-9-10-11-12-13-14-15-19(20)17-16-18(2)3/h16-20H,4-15H2,1-3H3. The van der Waals surface area contributed by atoms with Crippen LogP contribution in [-0.4, -0.2) is 11.2 Å². The summed E-state index contributed by atoms with van der Waals surface area (Å²) >= 11 is 0. The van der Waals surface area contributed by atoms with Crippen LogP contribution in [0.15, 0.2) is 12.2 Å². The van der Waals surface area contributed by atoms with Crippen molar-refractivity contribution >= 4 is 0 Å². The highest BCUT2D eigenvalue weighted by Gasteiger charge is 1.99. The molecular weight excluding hydrogens is 244 g/mol. The van der Waals surface area contributed by atoms with Crippen LogP contribution in [0, 0.1) is 5.92 Å². The molecule has 0 aromatic rings. The van der Waals surface area contributed by atoms with E-state index in [0.717, 1.165) is 6.42 Å². The highest BCUT2D eigenvalue weighted by Crippen LogP contribution is 2.13. The number of hydrogen-bond donors (Lipinski definition) is 1. The first kappa shape index (κ1) is 19.7. The van der Waals surface area contributed by atoms with Gasteiger partial charge in [0.1, 0.15) is 0 Å². The van der Waals surface area contributed by atoms with E-state index in [1.807, 2.05) is 6.08 Å². The smallest absolute Gasteiger partial charge is 0.0721 e. The molecule has 1 N–H and O–H groups in total. The molecule has 1 nitrogen and oxygen atoms in total. The van der Waals surface area contributed by atoms with Gasteiger partial charge in [-0.3, -0.25) is 0 Å². The lowest BCUT2D eigenvalue weighted by molar-refractivity contribution is 0.207. The fourth-order valence-electron chi connectivity index (χ4n) is 2.46. The van der Waals surface area contributed by atoms with Gasteiger partial charge in [-0.25, -0.2) is 0 Å². The molecule has 0 aromatic heterocycles. The zero-order chi connectivity index (χ0) is 15.1. The molecule has 0 aliphatic rings. The van der Waals surface area contributed by atoms with Crippen LogP contribution in [0.5, 0.6) is 0 Å². The normalized spacial score (nSPS) is 13.4. The predicted molar refractivity (Wildman–Crippen MR) is 91.1 cm³/mol. The van der Waals surface area contributed by atoms with Gasteiger partial charge in [0.2, 0.25) is 0 Å². The number of aliphatic hydroxyl groups is 1. The fraction of sp³-hybridized carbons (Fsp3) is 0.895. The van der Waals surface area contributed by atoms with E-state index in [4.69, 9.17) is 0 Å². The molecule has 0 fully saturated rings. The Morgan fingerprint density at radius 1 is 0.700 bits per heavy atom. The molecule has 0 saturated heterocycles. The summed E-state index contributed by atoms with van der Waals surface area (Å²) in [6.45, 7) is 6.56. The van der Waals surface area contributed by atoms with Gasteiger partial charge in [0.05, 0.1) is 6.10 Å². The molecular formula is C19H38O. The molecule has 120 valence electrons. The zero-order valence-electron chi connectivity index (χ0n) is 14.2. The van der Waals surface area contributed by atoms with Crippen molar-refractivity contribution in [1.29, 1.82) is 0 Å². The molecule has 0 heterocycles. The van der Waals surface area contributed by atoms with Gasteiger partial charge >= 0.3 is 0 Å². The minimum Gasteiger partial charge on any atom is -0.389 e. The number of allylic oxidation sites excluding steroid dienone is 1. The summed E-state index contributed by atoms with van der Waals surface area (Å²) in [6, 6.07) is 0. The van der Waals surface area contributed by atoms with Gasteiger partial charge in [0.25, 0.3) is 0 Å². The van der Waals surface area contributed by atoms with Gasteiger partial charge in [-0.2, -0.15) is 0 Å². The maximum atomic E-state index is 9.75. The highest BCUT2D eigenvalue weighted by atomic mass is 16.3. The van der Waals surface area contributed by atoms with Crippen molar-refractivity contribution in [1.82, 2.24) is 0 Å². The van der Waals surface area contributed by atoms with E-state index in [1.165, 1.54) is 70.6 Å². The van der Waals surface area contributed by atoms with Crippen molar-refractivity contribution < 1.29 is 5.11 Å². The SMILES string of the molecule is CCCCCCCCCCCCCC(O)C=CC(C)C. The topological polar surface area (TPSA) is 20.2 Å². The number of rotatable bonds is 14. The molecule has 0 rings (SSSR count). The molecule has 1 unspecified atom stereocenters. The Kier molecular flexibility index (Phi) is 14.9. The lowest BCUT2D eigenvalue weighted by atomic mass is 10.0. The van der Waals surface area contributed by atoms with E-state index < -0.39 is 0 Å². The number of aliphatic hydroxyl groups excluding tert-OH is 1. The monoisotopic (exact) mass is 282 g/mol. The van der Waals surface area contributed by atoms with Crippen LogP contribution >= 0.6 is 0 Å². The summed E-state index contributed by atoms with van der Waals surface area (Å²) in [5, 5.41) is 9.75. The fourth-order valence-corrected chi connectivity index (χ4v) is 2.46. The first-order chi connectivity index (χ1) is 9.66. The summed E-state index contributed by atoms with van der Waals surface area (Å²) in [7, 11) is 0. The Labute approximate surface area is 127 Å². The molecule has 0 aliphatic carbocycles. The predicted octanol–water partition coefficient (Wildman–Crippen LogP) is 6.26. The maximum absolute atomic E-state index is 9.75. The highest BCUT2D eigenvalue weighted by molar-refractivity contribution is 4.90. The third kappa shape index (κ3) is 15.8. The lowest BCUT2D eigenvalue weighted by Gasteiger charge is -2.06. The Bertz CT molecular complexity index is 208.